The monoisotopic (exact) mass is 360 g/mol. The molecule has 18 heavy (non-hydrogen) atoms. The first-order chi connectivity index (χ1) is 6.74. The van der Waals surface area contributed by atoms with Crippen molar-refractivity contribution in [2.45, 2.75) is 71.5 Å². The van der Waals surface area contributed by atoms with Crippen molar-refractivity contribution < 1.29 is 47.1 Å². The molecule has 6 N–H and O–H groups in total. The van der Waals surface area contributed by atoms with Crippen LogP contribution >= 0.6 is 0 Å². The fourth-order valence-corrected chi connectivity index (χ4v) is 6.00. The first kappa shape index (κ1) is 31.4. The molecule has 0 saturated heterocycles. The van der Waals surface area contributed by atoms with Gasteiger partial charge in [0.25, 0.3) is 0 Å². The van der Waals surface area contributed by atoms with Crippen LogP contribution in [0.15, 0.2) is 0 Å². The minimum absolute atomic E-state index is 0. The van der Waals surface area contributed by atoms with E-state index in [0.29, 0.717) is 23.2 Å². The van der Waals surface area contributed by atoms with Crippen molar-refractivity contribution >= 4 is 8.32 Å². The standard InChI is InChI=1S/C9H22OSi.C3H8O.2H2O.Zr/c1-7(2)11(10,8(3)4)9(5)6;1-2-3-4;;;/h7-10H,1-6H3;4H,2-3H2,1H3;2*1H2;. The van der Waals surface area contributed by atoms with Crippen LogP contribution in [0.4, 0.5) is 0 Å². The van der Waals surface area contributed by atoms with Crippen LogP contribution in [0.1, 0.15) is 54.9 Å². The second-order valence-corrected chi connectivity index (χ2v) is 10.3. The van der Waals surface area contributed by atoms with E-state index in [9.17, 15) is 4.80 Å². The Labute approximate surface area is 133 Å². The molecule has 0 aliphatic rings. The maximum Gasteiger partial charge on any atom is 0.196 e. The van der Waals surface area contributed by atoms with E-state index in [1.807, 2.05) is 6.92 Å². The molecule has 0 amide bonds. The Morgan fingerprint density at radius 2 is 1.00 bits per heavy atom. The number of aliphatic hydroxyl groups is 1. The molecule has 114 valence electrons. The summed E-state index contributed by atoms with van der Waals surface area (Å²) >= 11 is 0. The zero-order valence-electron chi connectivity index (χ0n) is 13.0. The van der Waals surface area contributed by atoms with E-state index < -0.39 is 8.32 Å². The molecule has 0 rings (SSSR count). The van der Waals surface area contributed by atoms with Crippen molar-refractivity contribution in [1.29, 1.82) is 0 Å². The molecule has 4 nitrogen and oxygen atoms in total. The third kappa shape index (κ3) is 10.8. The van der Waals surface area contributed by atoms with Crippen LogP contribution in [-0.2, 0) is 26.2 Å². The summed E-state index contributed by atoms with van der Waals surface area (Å²) in [4.78, 5) is 10.4. The van der Waals surface area contributed by atoms with Crippen molar-refractivity contribution in [1.82, 2.24) is 0 Å². The van der Waals surface area contributed by atoms with Gasteiger partial charge < -0.3 is 20.9 Å². The fraction of sp³-hybridized carbons (Fsp3) is 1.00. The summed E-state index contributed by atoms with van der Waals surface area (Å²) in [5.74, 6) is 0. The van der Waals surface area contributed by atoms with E-state index in [1.54, 1.807) is 0 Å². The molecule has 0 spiro atoms. The van der Waals surface area contributed by atoms with Gasteiger partial charge in [0.2, 0.25) is 0 Å². The van der Waals surface area contributed by atoms with Crippen LogP contribution in [0.3, 0.4) is 0 Å². The van der Waals surface area contributed by atoms with Crippen LogP contribution in [0.25, 0.3) is 0 Å². The molecule has 0 unspecified atom stereocenters. The predicted octanol–water partition coefficient (Wildman–Crippen LogP) is 1.89. The zero-order valence-corrected chi connectivity index (χ0v) is 16.5. The van der Waals surface area contributed by atoms with E-state index in [-0.39, 0.29) is 37.2 Å². The van der Waals surface area contributed by atoms with E-state index in [4.69, 9.17) is 5.11 Å². The second-order valence-electron chi connectivity index (χ2n) is 5.08. The van der Waals surface area contributed by atoms with E-state index in [1.165, 1.54) is 0 Å². The number of hydrogen-bond donors (Lipinski definition) is 2. The minimum atomic E-state index is -1.98. The van der Waals surface area contributed by atoms with E-state index in [2.05, 4.69) is 41.5 Å². The van der Waals surface area contributed by atoms with Gasteiger partial charge in [-0.25, -0.2) is 0 Å². The van der Waals surface area contributed by atoms with Gasteiger partial charge in [-0.1, -0.05) is 48.5 Å². The molecule has 0 atom stereocenters. The van der Waals surface area contributed by atoms with Crippen LogP contribution in [0.5, 0.6) is 0 Å². The Bertz CT molecular complexity index is 131. The summed E-state index contributed by atoms with van der Waals surface area (Å²) in [5.41, 5.74) is 1.42. The van der Waals surface area contributed by atoms with Crippen LogP contribution in [0, 0.1) is 0 Å². The zero-order chi connectivity index (χ0) is 12.6. The van der Waals surface area contributed by atoms with Gasteiger partial charge in [-0.05, 0) is 23.0 Å². The number of aliphatic hydroxyl groups excluding tert-OH is 1. The summed E-state index contributed by atoms with van der Waals surface area (Å²) in [6.45, 7) is 15.1. The molecule has 0 aliphatic carbocycles. The van der Waals surface area contributed by atoms with Gasteiger partial charge in [-0.2, -0.15) is 0 Å². The summed E-state index contributed by atoms with van der Waals surface area (Å²) in [6.07, 6.45) is 0.875. The van der Waals surface area contributed by atoms with Gasteiger partial charge in [-0.3, -0.25) is 0 Å². The van der Waals surface area contributed by atoms with Gasteiger partial charge in [0.1, 0.15) is 0 Å². The quantitative estimate of drug-likeness (QED) is 0.747. The molecule has 0 radical (unpaired) electrons. The summed E-state index contributed by atoms with van der Waals surface area (Å²) < 4.78 is 0. The molecule has 6 heteroatoms. The van der Waals surface area contributed by atoms with Crippen molar-refractivity contribution in [2.24, 2.45) is 0 Å². The molecule has 0 aromatic carbocycles. The predicted molar refractivity (Wildman–Crippen MR) is 77.9 cm³/mol. The third-order valence-corrected chi connectivity index (χ3v) is 8.55. The minimum Gasteiger partial charge on any atom is -0.431 e. The van der Waals surface area contributed by atoms with Gasteiger partial charge in [0.15, 0.2) is 8.32 Å². The average Bonchev–Trinajstić information content (AvgIpc) is 2.15. The number of hydrogen-bond acceptors (Lipinski definition) is 2. The van der Waals surface area contributed by atoms with Crippen molar-refractivity contribution in [2.75, 3.05) is 6.61 Å². The first-order valence-electron chi connectivity index (χ1n) is 6.08. The van der Waals surface area contributed by atoms with Gasteiger partial charge in [-0.15, -0.1) is 0 Å². The van der Waals surface area contributed by atoms with Crippen LogP contribution in [0.2, 0.25) is 16.6 Å². The maximum atomic E-state index is 10.4. The third-order valence-electron chi connectivity index (χ3n) is 3.00. The van der Waals surface area contributed by atoms with Crippen LogP contribution < -0.4 is 0 Å². The molecule has 0 aliphatic heterocycles. The van der Waals surface area contributed by atoms with Gasteiger partial charge in [0, 0.05) is 32.8 Å². The normalized spacial score (nSPS) is 10.0. The van der Waals surface area contributed by atoms with E-state index >= 15 is 0 Å². The summed E-state index contributed by atoms with van der Waals surface area (Å²) in [7, 11) is -1.98. The summed E-state index contributed by atoms with van der Waals surface area (Å²) in [5, 5.41) is 7.88. The molecule has 0 bridgehead atoms. The summed E-state index contributed by atoms with van der Waals surface area (Å²) in [6, 6.07) is 0. The van der Waals surface area contributed by atoms with Crippen molar-refractivity contribution in [3.63, 3.8) is 0 Å². The SMILES string of the molecule is CC(C)[Si](O)(C(C)C)C(C)C.CCCO.O.O.[Zr]. The molecular weight excluding hydrogens is 327 g/mol. The molecule has 0 heterocycles. The topological polar surface area (TPSA) is 103 Å². The average molecular weight is 362 g/mol. The molecular formula is C12H34O4SiZr. The maximum absolute atomic E-state index is 10.4. The first-order valence-corrected chi connectivity index (χ1v) is 8.26. The van der Waals surface area contributed by atoms with Gasteiger partial charge >= 0.3 is 0 Å². The fourth-order valence-electron chi connectivity index (χ4n) is 2.00. The molecule has 0 aromatic heterocycles. The van der Waals surface area contributed by atoms with Crippen LogP contribution in [-0.4, -0.2) is 35.8 Å². The van der Waals surface area contributed by atoms with Gasteiger partial charge in [0.05, 0.1) is 0 Å². The Morgan fingerprint density at radius 3 is 1.00 bits per heavy atom. The van der Waals surface area contributed by atoms with E-state index in [0.717, 1.165) is 6.42 Å². The Kier molecular flexibility index (Phi) is 27.9. The van der Waals surface area contributed by atoms with Crippen molar-refractivity contribution in [3.8, 4) is 0 Å². The Hall–Kier alpha value is 0.940. The second kappa shape index (κ2) is 16.0. The van der Waals surface area contributed by atoms with Crippen molar-refractivity contribution in [3.05, 3.63) is 0 Å². The molecule has 0 fully saturated rings. The largest absolute Gasteiger partial charge is 0.431 e. The Morgan fingerprint density at radius 1 is 0.833 bits per heavy atom. The smallest absolute Gasteiger partial charge is 0.196 e. The Balaban J connectivity index is -0.0000000712. The molecule has 0 aromatic rings. The molecule has 0 saturated carbocycles. The number of rotatable bonds is 4.